The molecular weight excluding hydrogens is 695 g/mol. The molecule has 0 saturated heterocycles. The highest BCUT2D eigenvalue weighted by Crippen LogP contribution is 2.41. The minimum absolute atomic E-state index is 0.594. The maximum absolute atomic E-state index is 5.08. The number of hydrogen-bond acceptors (Lipinski definition) is 3. The molecule has 3 aromatic heterocycles. The molecule has 0 saturated carbocycles. The molecule has 0 aliphatic rings. The van der Waals surface area contributed by atoms with Gasteiger partial charge in [-0.1, -0.05) is 127 Å². The Balaban J connectivity index is 1.08. The van der Waals surface area contributed by atoms with Gasteiger partial charge in [0.05, 0.1) is 22.1 Å². The molecule has 0 bridgehead atoms. The van der Waals surface area contributed by atoms with Gasteiger partial charge in [0.2, 0.25) is 5.95 Å². The molecule has 3 heterocycles. The second-order valence-corrected chi connectivity index (χ2v) is 14.3. The molecule has 0 radical (unpaired) electrons. The van der Waals surface area contributed by atoms with Crippen molar-refractivity contribution in [2.75, 3.05) is 4.90 Å². The fraction of sp³-hybridized carbons (Fsp3) is 0. The first-order valence-electron chi connectivity index (χ1n) is 19.2. The molecule has 11 aromatic rings. The van der Waals surface area contributed by atoms with E-state index in [2.05, 4.69) is 208 Å². The number of fused-ring (bicyclic) bond motifs is 6. The Morgan fingerprint density at radius 3 is 1.19 bits per heavy atom. The Hall–Kier alpha value is -7.76. The molecule has 0 N–H and O–H groups in total. The van der Waals surface area contributed by atoms with Crippen molar-refractivity contribution in [1.82, 2.24) is 19.1 Å². The Morgan fingerprint density at radius 1 is 0.316 bits per heavy atom. The summed E-state index contributed by atoms with van der Waals surface area (Å²) in [5, 5.41) is 4.70. The maximum atomic E-state index is 5.08. The fourth-order valence-electron chi connectivity index (χ4n) is 8.36. The average molecular weight is 730 g/mol. The number of anilines is 3. The summed E-state index contributed by atoms with van der Waals surface area (Å²) in [7, 11) is 0. The topological polar surface area (TPSA) is 38.9 Å². The summed E-state index contributed by atoms with van der Waals surface area (Å²) in [6.45, 7) is 0. The summed E-state index contributed by atoms with van der Waals surface area (Å²) in [5.41, 5.74) is 13.2. The van der Waals surface area contributed by atoms with Crippen LogP contribution in [0.2, 0.25) is 0 Å². The molecule has 0 aliphatic carbocycles. The van der Waals surface area contributed by atoms with Gasteiger partial charge in [-0.15, -0.1) is 0 Å². The van der Waals surface area contributed by atoms with Crippen LogP contribution in [0.4, 0.5) is 17.3 Å². The summed E-state index contributed by atoms with van der Waals surface area (Å²) in [6, 6.07) is 70.9. The molecule has 5 nitrogen and oxygen atoms in total. The van der Waals surface area contributed by atoms with E-state index in [1.165, 1.54) is 21.9 Å². The molecule has 0 unspecified atom stereocenters. The summed E-state index contributed by atoms with van der Waals surface area (Å²) >= 11 is 0. The van der Waals surface area contributed by atoms with E-state index in [0.29, 0.717) is 5.95 Å². The molecule has 268 valence electrons. The van der Waals surface area contributed by atoms with Crippen LogP contribution < -0.4 is 4.90 Å². The highest BCUT2D eigenvalue weighted by Gasteiger charge is 2.21. The van der Waals surface area contributed by atoms with Gasteiger partial charge in [0.15, 0.2) is 0 Å². The van der Waals surface area contributed by atoms with Gasteiger partial charge in [-0.05, 0) is 89.5 Å². The molecule has 8 aromatic carbocycles. The van der Waals surface area contributed by atoms with Gasteiger partial charge in [0.1, 0.15) is 0 Å². The first kappa shape index (κ1) is 32.7. The SMILES string of the molecule is c1ccc(-c2ccc(-c3cnc(N(c4ccc5c(c4)c4ccccc4n5-c4ccccc4)c4ccc5c(c4)c4ccccc4n5-c4ccccc4)nc3)cc2)cc1. The van der Waals surface area contributed by atoms with Gasteiger partial charge in [-0.25, -0.2) is 9.97 Å². The summed E-state index contributed by atoms with van der Waals surface area (Å²) in [5.74, 6) is 0.594. The van der Waals surface area contributed by atoms with E-state index in [-0.39, 0.29) is 0 Å². The molecule has 0 aliphatic heterocycles. The van der Waals surface area contributed by atoms with E-state index < -0.39 is 0 Å². The van der Waals surface area contributed by atoms with Crippen molar-refractivity contribution in [2.45, 2.75) is 0 Å². The first-order chi connectivity index (χ1) is 28.3. The first-order valence-corrected chi connectivity index (χ1v) is 19.2. The smallest absolute Gasteiger partial charge is 0.234 e. The lowest BCUT2D eigenvalue weighted by molar-refractivity contribution is 1.08. The molecule has 5 heteroatoms. The highest BCUT2D eigenvalue weighted by atomic mass is 15.3. The lowest BCUT2D eigenvalue weighted by Gasteiger charge is -2.24. The van der Waals surface area contributed by atoms with Crippen molar-refractivity contribution in [3.8, 4) is 33.6 Å². The van der Waals surface area contributed by atoms with Crippen molar-refractivity contribution in [1.29, 1.82) is 0 Å². The van der Waals surface area contributed by atoms with E-state index in [1.54, 1.807) is 0 Å². The van der Waals surface area contributed by atoms with Crippen LogP contribution in [0.5, 0.6) is 0 Å². The van der Waals surface area contributed by atoms with E-state index in [4.69, 9.17) is 9.97 Å². The number of rotatable bonds is 7. The third kappa shape index (κ3) is 5.56. The number of benzene rings is 8. The van der Waals surface area contributed by atoms with Crippen LogP contribution in [-0.2, 0) is 0 Å². The lowest BCUT2D eigenvalue weighted by atomic mass is 10.0. The quantitative estimate of drug-likeness (QED) is 0.164. The highest BCUT2D eigenvalue weighted by molar-refractivity contribution is 6.12. The van der Waals surface area contributed by atoms with Crippen molar-refractivity contribution < 1.29 is 0 Å². The zero-order valence-corrected chi connectivity index (χ0v) is 30.9. The molecule has 0 fully saturated rings. The normalized spacial score (nSPS) is 11.5. The van der Waals surface area contributed by atoms with Crippen molar-refractivity contribution >= 4 is 60.9 Å². The van der Waals surface area contributed by atoms with E-state index in [1.807, 2.05) is 18.5 Å². The van der Waals surface area contributed by atoms with Crippen LogP contribution >= 0.6 is 0 Å². The summed E-state index contributed by atoms with van der Waals surface area (Å²) < 4.78 is 4.69. The molecular formula is C52H35N5. The average Bonchev–Trinajstić information content (AvgIpc) is 3.80. The van der Waals surface area contributed by atoms with E-state index in [9.17, 15) is 0 Å². The van der Waals surface area contributed by atoms with E-state index >= 15 is 0 Å². The third-order valence-electron chi connectivity index (χ3n) is 11.0. The van der Waals surface area contributed by atoms with Gasteiger partial charge >= 0.3 is 0 Å². The predicted molar refractivity (Wildman–Crippen MR) is 236 cm³/mol. The van der Waals surface area contributed by atoms with Crippen molar-refractivity contribution in [2.24, 2.45) is 0 Å². The minimum Gasteiger partial charge on any atom is -0.309 e. The number of hydrogen-bond donors (Lipinski definition) is 0. The van der Waals surface area contributed by atoms with Gasteiger partial charge < -0.3 is 9.13 Å². The largest absolute Gasteiger partial charge is 0.309 e. The standard InChI is InChI=1S/C52H35N5/c1-4-14-36(15-5-1)37-24-26-38(27-25-37)39-34-53-52(54-35-39)55(42-28-30-50-46(32-42)44-20-10-12-22-48(44)56(50)40-16-6-2-7-17-40)43-29-31-51-47(33-43)45-21-11-13-23-49(45)57(51)41-18-8-3-9-19-41/h1-35H. The Morgan fingerprint density at radius 2 is 0.702 bits per heavy atom. The Labute approximate surface area is 330 Å². The van der Waals surface area contributed by atoms with Crippen LogP contribution in [0, 0.1) is 0 Å². The van der Waals surface area contributed by atoms with Crippen LogP contribution in [0.3, 0.4) is 0 Å². The fourth-order valence-corrected chi connectivity index (χ4v) is 8.36. The molecule has 0 atom stereocenters. The zero-order valence-electron chi connectivity index (χ0n) is 30.9. The monoisotopic (exact) mass is 729 g/mol. The molecule has 57 heavy (non-hydrogen) atoms. The summed E-state index contributed by atoms with van der Waals surface area (Å²) in [6.07, 6.45) is 3.87. The van der Waals surface area contributed by atoms with Crippen molar-refractivity contribution in [3.63, 3.8) is 0 Å². The third-order valence-corrected chi connectivity index (χ3v) is 11.0. The van der Waals surface area contributed by atoms with Gasteiger partial charge in [0.25, 0.3) is 0 Å². The molecule has 0 spiro atoms. The van der Waals surface area contributed by atoms with Crippen LogP contribution in [-0.4, -0.2) is 19.1 Å². The van der Waals surface area contributed by atoms with Crippen molar-refractivity contribution in [3.05, 3.63) is 213 Å². The van der Waals surface area contributed by atoms with Crippen LogP contribution in [0.1, 0.15) is 0 Å². The lowest BCUT2D eigenvalue weighted by Crippen LogP contribution is -2.13. The predicted octanol–water partition coefficient (Wildman–Crippen LogP) is 13.5. The van der Waals surface area contributed by atoms with Gasteiger partial charge in [-0.2, -0.15) is 0 Å². The Kier molecular flexibility index (Phi) is 7.74. The second-order valence-electron chi connectivity index (χ2n) is 14.3. The zero-order chi connectivity index (χ0) is 37.7. The number of para-hydroxylation sites is 4. The van der Waals surface area contributed by atoms with E-state index in [0.717, 1.165) is 66.7 Å². The number of aromatic nitrogens is 4. The van der Waals surface area contributed by atoms with Gasteiger partial charge in [-0.3, -0.25) is 4.90 Å². The van der Waals surface area contributed by atoms with Crippen LogP contribution in [0.15, 0.2) is 213 Å². The Bertz CT molecular complexity index is 3050. The summed E-state index contributed by atoms with van der Waals surface area (Å²) in [4.78, 5) is 12.4. The second kappa shape index (κ2) is 13.5. The van der Waals surface area contributed by atoms with Gasteiger partial charge in [0, 0.05) is 62.3 Å². The maximum Gasteiger partial charge on any atom is 0.234 e. The molecule has 11 rings (SSSR count). The molecule has 0 amide bonds. The number of nitrogens with zero attached hydrogens (tertiary/aromatic N) is 5. The minimum atomic E-state index is 0.594. The van der Waals surface area contributed by atoms with Crippen LogP contribution in [0.25, 0.3) is 77.2 Å².